The zero-order valence-corrected chi connectivity index (χ0v) is 29.8. The van der Waals surface area contributed by atoms with Crippen molar-refractivity contribution in [3.8, 4) is 11.5 Å². The Morgan fingerprint density at radius 1 is 1.16 bits per heavy atom. The predicted octanol–water partition coefficient (Wildman–Crippen LogP) is 4.19. The molecule has 2 aromatic carbocycles. The minimum absolute atomic E-state index is 0.145. The standard InChI is InChI=1S/C34H48N6O8S/c1-23-18-40(24(2)21-41)33(42)29-17-27(37-49(44,45)32-20-38(4)22-35-32)12-15-30(29)48-25(3)9-7-8-16-47-31(23)19-39(5)34(43)36-26-10-13-28(46-6)14-11-26/h10-15,17,20,22-25,31,37,41H,7-9,16,18-19,21H2,1-6H3,(H,36,43)/t23-,24+,25-,31-/m1/s1. The number of ether oxygens (including phenoxy) is 3. The van der Waals surface area contributed by atoms with Crippen LogP contribution in [0.1, 0.15) is 50.4 Å². The third-order valence-electron chi connectivity index (χ3n) is 8.40. The molecule has 3 N–H and O–H groups in total. The number of amides is 3. The van der Waals surface area contributed by atoms with Crippen LogP contribution in [0.3, 0.4) is 0 Å². The summed E-state index contributed by atoms with van der Waals surface area (Å²) in [7, 11) is 0.885. The molecule has 49 heavy (non-hydrogen) atoms. The number of carbonyl (C=O) groups excluding carboxylic acids is 2. The third kappa shape index (κ3) is 10.1. The van der Waals surface area contributed by atoms with Crippen LogP contribution in [-0.2, 0) is 21.8 Å². The zero-order valence-electron chi connectivity index (χ0n) is 29.0. The van der Waals surface area contributed by atoms with Crippen LogP contribution in [-0.4, -0.2) is 104 Å². The lowest BCUT2D eigenvalue weighted by molar-refractivity contribution is -0.0115. The number of fused-ring (bicyclic) bond motifs is 1. The Morgan fingerprint density at radius 3 is 2.53 bits per heavy atom. The molecule has 1 aliphatic heterocycles. The lowest BCUT2D eigenvalue weighted by atomic mass is 10.0. The first-order valence-corrected chi connectivity index (χ1v) is 17.8. The van der Waals surface area contributed by atoms with Gasteiger partial charge in [-0.3, -0.25) is 9.52 Å². The summed E-state index contributed by atoms with van der Waals surface area (Å²) in [5.41, 5.74) is 0.916. The number of sulfonamides is 1. The Balaban J connectivity index is 1.60. The summed E-state index contributed by atoms with van der Waals surface area (Å²) in [4.78, 5) is 34.5. The van der Waals surface area contributed by atoms with Gasteiger partial charge in [-0.1, -0.05) is 6.92 Å². The fourth-order valence-electron chi connectivity index (χ4n) is 5.43. The topological polar surface area (TPSA) is 165 Å². The molecule has 15 heteroatoms. The molecule has 0 fully saturated rings. The number of urea groups is 1. The van der Waals surface area contributed by atoms with Crippen LogP contribution in [0.2, 0.25) is 0 Å². The zero-order chi connectivity index (χ0) is 35.7. The number of aryl methyl sites for hydroxylation is 1. The normalized spacial score (nSPS) is 19.9. The molecule has 3 aromatic rings. The van der Waals surface area contributed by atoms with E-state index in [1.54, 1.807) is 69.4 Å². The number of aromatic nitrogens is 2. The minimum atomic E-state index is -4.04. The molecule has 0 saturated heterocycles. The first kappa shape index (κ1) is 37.5. The van der Waals surface area contributed by atoms with Crippen molar-refractivity contribution in [2.45, 2.75) is 63.3 Å². The Bertz CT molecular complexity index is 1660. The molecule has 1 aliphatic rings. The second kappa shape index (κ2) is 16.9. The number of aliphatic hydroxyl groups is 1. The quantitative estimate of drug-likeness (QED) is 0.297. The van der Waals surface area contributed by atoms with Gasteiger partial charge in [-0.2, -0.15) is 8.42 Å². The molecule has 4 atom stereocenters. The van der Waals surface area contributed by atoms with Gasteiger partial charge < -0.3 is 39.0 Å². The fourth-order valence-corrected chi connectivity index (χ4v) is 6.46. The predicted molar refractivity (Wildman–Crippen MR) is 186 cm³/mol. The number of nitrogens with one attached hydrogen (secondary N) is 2. The molecule has 0 saturated carbocycles. The average Bonchev–Trinajstić information content (AvgIpc) is 3.53. The highest BCUT2D eigenvalue weighted by Gasteiger charge is 2.31. The minimum Gasteiger partial charge on any atom is -0.497 e. The first-order valence-electron chi connectivity index (χ1n) is 16.3. The lowest BCUT2D eigenvalue weighted by Gasteiger charge is -2.35. The van der Waals surface area contributed by atoms with Crippen molar-refractivity contribution in [2.24, 2.45) is 13.0 Å². The number of hydrogen-bond acceptors (Lipinski definition) is 9. The smallest absolute Gasteiger partial charge is 0.321 e. The van der Waals surface area contributed by atoms with Gasteiger partial charge in [-0.25, -0.2) is 9.78 Å². The van der Waals surface area contributed by atoms with Gasteiger partial charge in [0.1, 0.15) is 11.5 Å². The van der Waals surface area contributed by atoms with Crippen molar-refractivity contribution in [1.29, 1.82) is 0 Å². The van der Waals surface area contributed by atoms with E-state index in [9.17, 15) is 23.1 Å². The number of rotatable bonds is 9. The van der Waals surface area contributed by atoms with E-state index in [1.807, 2.05) is 13.8 Å². The van der Waals surface area contributed by atoms with Crippen LogP contribution < -0.4 is 19.5 Å². The van der Waals surface area contributed by atoms with Gasteiger partial charge in [0, 0.05) is 57.3 Å². The molecule has 0 aliphatic carbocycles. The number of imidazole rings is 1. The molecular formula is C34H48N6O8S. The highest BCUT2D eigenvalue weighted by Crippen LogP contribution is 2.29. The van der Waals surface area contributed by atoms with Crippen molar-refractivity contribution in [1.82, 2.24) is 19.4 Å². The van der Waals surface area contributed by atoms with E-state index in [2.05, 4.69) is 15.0 Å². The number of benzene rings is 2. The van der Waals surface area contributed by atoms with Crippen molar-refractivity contribution in [2.75, 3.05) is 50.5 Å². The molecule has 268 valence electrons. The maximum absolute atomic E-state index is 14.4. The summed E-state index contributed by atoms with van der Waals surface area (Å²) in [5.74, 6) is 0.262. The number of nitrogens with zero attached hydrogens (tertiary/aromatic N) is 4. The van der Waals surface area contributed by atoms with Crippen molar-refractivity contribution >= 4 is 33.3 Å². The molecule has 0 spiro atoms. The molecule has 0 bridgehead atoms. The lowest BCUT2D eigenvalue weighted by Crippen LogP contribution is -2.48. The maximum Gasteiger partial charge on any atom is 0.321 e. The van der Waals surface area contributed by atoms with Gasteiger partial charge >= 0.3 is 6.03 Å². The van der Waals surface area contributed by atoms with Gasteiger partial charge in [-0.05, 0) is 75.6 Å². The van der Waals surface area contributed by atoms with E-state index < -0.39 is 28.1 Å². The SMILES string of the molecule is COc1ccc(NC(=O)N(C)C[C@H]2OCCCC[C@@H](C)Oc3ccc(NS(=O)(=O)c4cn(C)cn4)cc3C(=O)N([C@@H](C)CO)C[C@H]2C)cc1. The third-order valence-corrected chi connectivity index (χ3v) is 9.67. The number of hydrogen-bond donors (Lipinski definition) is 3. The van der Waals surface area contributed by atoms with E-state index in [0.29, 0.717) is 30.2 Å². The highest BCUT2D eigenvalue weighted by atomic mass is 32.2. The van der Waals surface area contributed by atoms with Crippen molar-refractivity contribution in [3.63, 3.8) is 0 Å². The summed E-state index contributed by atoms with van der Waals surface area (Å²) in [6.45, 7) is 6.14. The Hall–Kier alpha value is -4.34. The molecule has 14 nitrogen and oxygen atoms in total. The summed E-state index contributed by atoms with van der Waals surface area (Å²) in [6, 6.07) is 10.7. The van der Waals surface area contributed by atoms with E-state index in [0.717, 1.165) is 12.8 Å². The Labute approximate surface area is 288 Å². The first-order chi connectivity index (χ1) is 23.3. The number of anilines is 2. The largest absolute Gasteiger partial charge is 0.497 e. The van der Waals surface area contributed by atoms with E-state index >= 15 is 0 Å². The molecule has 2 heterocycles. The highest BCUT2D eigenvalue weighted by molar-refractivity contribution is 7.92. The summed E-state index contributed by atoms with van der Waals surface area (Å²) in [6.07, 6.45) is 4.31. The summed E-state index contributed by atoms with van der Waals surface area (Å²) in [5, 5.41) is 12.9. The molecule has 0 radical (unpaired) electrons. The number of likely N-dealkylation sites (N-methyl/N-ethyl adjacent to an activating group) is 1. The molecule has 0 unspecified atom stereocenters. The van der Waals surface area contributed by atoms with Gasteiger partial charge in [0.15, 0.2) is 5.03 Å². The number of aliphatic hydroxyl groups excluding tert-OH is 1. The monoisotopic (exact) mass is 700 g/mol. The van der Waals surface area contributed by atoms with Crippen LogP contribution in [0.4, 0.5) is 16.2 Å². The van der Waals surface area contributed by atoms with Crippen LogP contribution in [0.15, 0.2) is 60.0 Å². The van der Waals surface area contributed by atoms with E-state index in [4.69, 9.17) is 14.2 Å². The Morgan fingerprint density at radius 2 is 1.88 bits per heavy atom. The Kier molecular flexibility index (Phi) is 12.9. The van der Waals surface area contributed by atoms with Gasteiger partial charge in [0.2, 0.25) is 0 Å². The van der Waals surface area contributed by atoms with Crippen LogP contribution in [0.25, 0.3) is 0 Å². The van der Waals surface area contributed by atoms with Gasteiger partial charge in [0.25, 0.3) is 15.9 Å². The van der Waals surface area contributed by atoms with Gasteiger partial charge in [0.05, 0.1) is 43.9 Å². The molecule has 3 amide bonds. The summed E-state index contributed by atoms with van der Waals surface area (Å²) < 4.78 is 47.9. The average molecular weight is 701 g/mol. The number of methoxy groups -OCH3 is 1. The molecule has 1 aromatic heterocycles. The molecular weight excluding hydrogens is 652 g/mol. The second-order valence-electron chi connectivity index (χ2n) is 12.5. The summed E-state index contributed by atoms with van der Waals surface area (Å²) >= 11 is 0. The maximum atomic E-state index is 14.4. The van der Waals surface area contributed by atoms with Crippen molar-refractivity contribution < 1.29 is 37.3 Å². The van der Waals surface area contributed by atoms with E-state index in [1.165, 1.54) is 28.1 Å². The number of carbonyl (C=O) groups is 2. The second-order valence-corrected chi connectivity index (χ2v) is 14.2. The van der Waals surface area contributed by atoms with E-state index in [-0.39, 0.29) is 54.0 Å². The van der Waals surface area contributed by atoms with Crippen LogP contribution >= 0.6 is 0 Å². The van der Waals surface area contributed by atoms with Crippen molar-refractivity contribution in [3.05, 3.63) is 60.6 Å². The fraction of sp³-hybridized carbons (Fsp3) is 0.500. The van der Waals surface area contributed by atoms with Crippen LogP contribution in [0.5, 0.6) is 11.5 Å². The molecule has 4 rings (SSSR count). The van der Waals surface area contributed by atoms with Gasteiger partial charge in [-0.15, -0.1) is 0 Å². The van der Waals surface area contributed by atoms with Crippen LogP contribution in [0, 0.1) is 5.92 Å².